The molecule has 1 aromatic carbocycles. The minimum Gasteiger partial charge on any atom is -0.494 e. The first kappa shape index (κ1) is 17.6. The third kappa shape index (κ3) is 5.13. The maximum atomic E-state index is 11.1. The second-order valence-corrected chi connectivity index (χ2v) is 7.17. The number of hydrogen-bond donors (Lipinski definition) is 2. The molecule has 5 nitrogen and oxygen atoms in total. The zero-order valence-corrected chi connectivity index (χ0v) is 14.5. The van der Waals surface area contributed by atoms with E-state index in [1.54, 1.807) is 6.34 Å². The van der Waals surface area contributed by atoms with Crippen molar-refractivity contribution >= 4 is 6.34 Å². The van der Waals surface area contributed by atoms with Crippen LogP contribution in [0.15, 0.2) is 35.4 Å². The molecule has 2 N–H and O–H groups in total. The van der Waals surface area contributed by atoms with Crippen molar-refractivity contribution in [3.8, 4) is 5.75 Å². The molecule has 0 bridgehead atoms. The molecule has 0 aromatic heterocycles. The van der Waals surface area contributed by atoms with E-state index in [2.05, 4.69) is 31.2 Å². The third-order valence-corrected chi connectivity index (χ3v) is 4.42. The Hall–Kier alpha value is -1.75. The van der Waals surface area contributed by atoms with E-state index in [9.17, 15) is 5.11 Å². The first-order chi connectivity index (χ1) is 10.9. The summed E-state index contributed by atoms with van der Waals surface area (Å²) in [5.41, 5.74) is -0.978. The number of aliphatic hydroxyl groups is 1. The molecule has 2 rings (SSSR count). The molecule has 0 saturated carbocycles. The van der Waals surface area contributed by atoms with E-state index in [4.69, 9.17) is 4.74 Å². The topological polar surface area (TPSA) is 57.1 Å². The molecule has 0 spiro atoms. The average Bonchev–Trinajstić information content (AvgIpc) is 2.99. The molecule has 0 amide bonds. The lowest BCUT2D eigenvalue weighted by Gasteiger charge is -2.42. The highest BCUT2D eigenvalue weighted by molar-refractivity contribution is 5.55. The van der Waals surface area contributed by atoms with Crippen LogP contribution in [0.25, 0.3) is 0 Å². The van der Waals surface area contributed by atoms with E-state index >= 15 is 0 Å². The first-order valence-electron chi connectivity index (χ1n) is 8.32. The van der Waals surface area contributed by atoms with Crippen molar-refractivity contribution < 1.29 is 9.84 Å². The summed E-state index contributed by atoms with van der Waals surface area (Å²) in [5.74, 6) is 0.899. The van der Waals surface area contributed by atoms with Gasteiger partial charge in [-0.25, -0.2) is 0 Å². The number of para-hydroxylation sites is 1. The molecule has 1 aliphatic heterocycles. The van der Waals surface area contributed by atoms with Crippen LogP contribution in [0, 0.1) is 5.41 Å². The Labute approximate surface area is 139 Å². The van der Waals surface area contributed by atoms with E-state index in [1.807, 2.05) is 35.3 Å². The summed E-state index contributed by atoms with van der Waals surface area (Å²) in [4.78, 5) is 0. The predicted octanol–water partition coefficient (Wildman–Crippen LogP) is 2.82. The second kappa shape index (κ2) is 7.68. The molecule has 0 saturated heterocycles. The van der Waals surface area contributed by atoms with Gasteiger partial charge in [-0.15, -0.1) is 0 Å². The summed E-state index contributed by atoms with van der Waals surface area (Å²) in [5, 5.41) is 20.3. The quantitative estimate of drug-likeness (QED) is 0.724. The molecular formula is C18H29N3O2. The van der Waals surface area contributed by atoms with Crippen molar-refractivity contribution in [3.63, 3.8) is 0 Å². The average molecular weight is 319 g/mol. The van der Waals surface area contributed by atoms with Gasteiger partial charge in [-0.05, 0) is 36.8 Å². The van der Waals surface area contributed by atoms with E-state index in [0.29, 0.717) is 19.8 Å². The van der Waals surface area contributed by atoms with Crippen LogP contribution in [0.5, 0.6) is 5.75 Å². The summed E-state index contributed by atoms with van der Waals surface area (Å²) in [6.07, 6.45) is 4.26. The fraction of sp³-hybridized carbons (Fsp3) is 0.611. The van der Waals surface area contributed by atoms with Crippen LogP contribution in [0.1, 0.15) is 40.0 Å². The first-order valence-corrected chi connectivity index (χ1v) is 8.32. The van der Waals surface area contributed by atoms with Gasteiger partial charge in [0.05, 0.1) is 18.8 Å². The lowest BCUT2D eigenvalue weighted by Crippen LogP contribution is -2.51. The number of nitrogens with zero attached hydrogens (tertiary/aromatic N) is 2. The van der Waals surface area contributed by atoms with Crippen LogP contribution in [-0.2, 0) is 0 Å². The summed E-state index contributed by atoms with van der Waals surface area (Å²) < 4.78 is 5.71. The molecule has 0 radical (unpaired) electrons. The van der Waals surface area contributed by atoms with Crippen LogP contribution in [0.4, 0.5) is 0 Å². The predicted molar refractivity (Wildman–Crippen MR) is 93.4 cm³/mol. The Balaban J connectivity index is 1.78. The smallest absolute Gasteiger partial charge is 0.119 e. The van der Waals surface area contributed by atoms with Crippen molar-refractivity contribution in [1.82, 2.24) is 10.3 Å². The lowest BCUT2D eigenvalue weighted by atomic mass is 9.73. The maximum Gasteiger partial charge on any atom is 0.119 e. The molecule has 1 aliphatic rings. The molecule has 1 aromatic rings. The highest BCUT2D eigenvalue weighted by Gasteiger charge is 2.41. The summed E-state index contributed by atoms with van der Waals surface area (Å²) in [6.45, 7) is 8.13. The van der Waals surface area contributed by atoms with Crippen molar-refractivity contribution in [3.05, 3.63) is 30.3 Å². The molecule has 5 heteroatoms. The third-order valence-electron chi connectivity index (χ3n) is 4.42. The van der Waals surface area contributed by atoms with Gasteiger partial charge in [0.1, 0.15) is 18.8 Å². The fourth-order valence-electron chi connectivity index (χ4n) is 2.63. The van der Waals surface area contributed by atoms with E-state index in [1.165, 1.54) is 0 Å². The number of benzene rings is 1. The number of β-amino-alcohol motifs (C(OH)–C–C–N with tert-alkyl or cyclic N) is 1. The van der Waals surface area contributed by atoms with Gasteiger partial charge in [-0.3, -0.25) is 5.01 Å². The molecule has 1 unspecified atom stereocenters. The SMILES string of the molecule is CC(C)(C)C(O)(CCCCOc1ccccc1)CN1CNC=N1. The van der Waals surface area contributed by atoms with Crippen LogP contribution < -0.4 is 10.1 Å². The minimum absolute atomic E-state index is 0.203. The molecule has 128 valence electrons. The Morgan fingerprint density at radius 3 is 2.57 bits per heavy atom. The van der Waals surface area contributed by atoms with Crippen molar-refractivity contribution in [2.45, 2.75) is 45.6 Å². The number of hydrogen-bond acceptors (Lipinski definition) is 5. The fourth-order valence-corrected chi connectivity index (χ4v) is 2.63. The molecule has 1 heterocycles. The van der Waals surface area contributed by atoms with Gasteiger partial charge in [0.25, 0.3) is 0 Å². The van der Waals surface area contributed by atoms with Crippen LogP contribution >= 0.6 is 0 Å². The van der Waals surface area contributed by atoms with E-state index < -0.39 is 5.60 Å². The largest absolute Gasteiger partial charge is 0.494 e. The maximum absolute atomic E-state index is 11.1. The highest BCUT2D eigenvalue weighted by Crippen LogP contribution is 2.35. The Kier molecular flexibility index (Phi) is 5.88. The molecule has 1 atom stereocenters. The minimum atomic E-state index is -0.775. The zero-order chi connectivity index (χ0) is 16.8. The Morgan fingerprint density at radius 1 is 1.22 bits per heavy atom. The monoisotopic (exact) mass is 319 g/mol. The zero-order valence-electron chi connectivity index (χ0n) is 14.5. The van der Waals surface area contributed by atoms with Gasteiger partial charge in [0.2, 0.25) is 0 Å². The van der Waals surface area contributed by atoms with E-state index in [-0.39, 0.29) is 5.41 Å². The van der Waals surface area contributed by atoms with Crippen LogP contribution in [-0.4, -0.2) is 41.9 Å². The van der Waals surface area contributed by atoms with Gasteiger partial charge >= 0.3 is 0 Å². The highest BCUT2D eigenvalue weighted by atomic mass is 16.5. The lowest BCUT2D eigenvalue weighted by molar-refractivity contribution is -0.0866. The summed E-state index contributed by atoms with van der Waals surface area (Å²) in [6, 6.07) is 9.84. The molecule has 0 fully saturated rings. The van der Waals surface area contributed by atoms with Gasteiger partial charge in [0.15, 0.2) is 0 Å². The summed E-state index contributed by atoms with van der Waals surface area (Å²) in [7, 11) is 0. The van der Waals surface area contributed by atoms with Crippen LogP contribution in [0.2, 0.25) is 0 Å². The Bertz CT molecular complexity index is 499. The van der Waals surface area contributed by atoms with Gasteiger partial charge in [0, 0.05) is 0 Å². The number of ether oxygens (including phenoxy) is 1. The van der Waals surface area contributed by atoms with Gasteiger partial charge < -0.3 is 15.2 Å². The normalized spacial score (nSPS) is 17.0. The van der Waals surface area contributed by atoms with Crippen LogP contribution in [0.3, 0.4) is 0 Å². The molecule has 0 aliphatic carbocycles. The standard InChI is InChI=1S/C18H29N3O2/c1-17(2,3)18(22,13-21-15-19-14-20-21)11-7-8-12-23-16-9-5-4-6-10-16/h4-6,9-10,14,22H,7-8,11-13,15H2,1-3H3,(H,19,20). The second-order valence-electron chi connectivity index (χ2n) is 7.17. The van der Waals surface area contributed by atoms with Gasteiger partial charge in [-0.2, -0.15) is 5.10 Å². The number of nitrogens with one attached hydrogen (secondary N) is 1. The van der Waals surface area contributed by atoms with Crippen molar-refractivity contribution in [1.29, 1.82) is 0 Å². The van der Waals surface area contributed by atoms with E-state index in [0.717, 1.165) is 25.0 Å². The number of rotatable bonds is 8. The van der Waals surface area contributed by atoms with Crippen molar-refractivity contribution in [2.24, 2.45) is 10.5 Å². The van der Waals surface area contributed by atoms with Crippen molar-refractivity contribution in [2.75, 3.05) is 19.8 Å². The number of hydrazone groups is 1. The van der Waals surface area contributed by atoms with Gasteiger partial charge in [-0.1, -0.05) is 39.0 Å². The summed E-state index contributed by atoms with van der Waals surface area (Å²) >= 11 is 0. The molecule has 23 heavy (non-hydrogen) atoms. The Morgan fingerprint density at radius 2 is 1.96 bits per heavy atom. The number of unbranched alkanes of at least 4 members (excludes halogenated alkanes) is 1. The molecular weight excluding hydrogens is 290 g/mol.